The molecule has 0 aliphatic carbocycles. The molecule has 0 fully saturated rings. The van der Waals surface area contributed by atoms with E-state index in [1.807, 2.05) is 17.7 Å². The number of aromatic nitrogens is 3. The van der Waals surface area contributed by atoms with Crippen molar-refractivity contribution in [3.8, 4) is 0 Å². The summed E-state index contributed by atoms with van der Waals surface area (Å²) in [7, 11) is 0. The molecule has 0 unspecified atom stereocenters. The van der Waals surface area contributed by atoms with Crippen molar-refractivity contribution in [1.82, 2.24) is 14.5 Å². The number of nitrogens with zero attached hydrogens (tertiary/aromatic N) is 3. The number of rotatable bonds is 5. The first-order valence-electron chi connectivity index (χ1n) is 6.18. The molecule has 0 aliphatic heterocycles. The number of anilines is 1. The van der Waals surface area contributed by atoms with Crippen LogP contribution in [-0.2, 0) is 12.7 Å². The minimum absolute atomic E-state index is 0.299. The molecular weight excluding hydrogens is 269 g/mol. The summed E-state index contributed by atoms with van der Waals surface area (Å²) in [6, 6.07) is 2.36. The van der Waals surface area contributed by atoms with E-state index in [2.05, 4.69) is 15.3 Å². The molecule has 7 heteroatoms. The first-order chi connectivity index (χ1) is 9.45. The summed E-state index contributed by atoms with van der Waals surface area (Å²) in [5.41, 5.74) is -0.741. The van der Waals surface area contributed by atoms with Crippen LogP contribution in [0.3, 0.4) is 0 Å². The SMILES string of the molecule is C[C@H](CNc1ccc(C(F)(F)F)cn1)Cn1ccnc1. The first-order valence-corrected chi connectivity index (χ1v) is 6.18. The van der Waals surface area contributed by atoms with E-state index in [4.69, 9.17) is 0 Å². The molecule has 0 bridgehead atoms. The van der Waals surface area contributed by atoms with Crippen LogP contribution in [0.4, 0.5) is 19.0 Å². The van der Waals surface area contributed by atoms with Gasteiger partial charge in [0, 0.05) is 31.7 Å². The fourth-order valence-electron chi connectivity index (χ4n) is 1.76. The van der Waals surface area contributed by atoms with Crippen LogP contribution >= 0.6 is 0 Å². The standard InChI is InChI=1S/C13H15F3N4/c1-10(8-20-5-4-17-9-20)6-18-12-3-2-11(7-19-12)13(14,15)16/h2-5,7,9-10H,6,8H2,1H3,(H,18,19)/t10-/m1/s1. The van der Waals surface area contributed by atoms with E-state index in [-0.39, 0.29) is 0 Å². The van der Waals surface area contributed by atoms with Crippen molar-refractivity contribution in [2.24, 2.45) is 5.92 Å². The van der Waals surface area contributed by atoms with Crippen LogP contribution in [0.1, 0.15) is 12.5 Å². The smallest absolute Gasteiger partial charge is 0.370 e. The Morgan fingerprint density at radius 2 is 2.15 bits per heavy atom. The van der Waals surface area contributed by atoms with Gasteiger partial charge in [-0.2, -0.15) is 13.2 Å². The molecule has 0 aromatic carbocycles. The second kappa shape index (κ2) is 5.94. The van der Waals surface area contributed by atoms with Gasteiger partial charge in [-0.05, 0) is 18.1 Å². The van der Waals surface area contributed by atoms with Crippen LogP contribution in [-0.4, -0.2) is 21.1 Å². The van der Waals surface area contributed by atoms with E-state index in [0.717, 1.165) is 18.8 Å². The van der Waals surface area contributed by atoms with Gasteiger partial charge >= 0.3 is 6.18 Å². The predicted molar refractivity (Wildman–Crippen MR) is 69.1 cm³/mol. The maximum absolute atomic E-state index is 12.4. The van der Waals surface area contributed by atoms with Gasteiger partial charge in [-0.1, -0.05) is 6.92 Å². The number of alkyl halides is 3. The Morgan fingerprint density at radius 3 is 2.70 bits per heavy atom. The van der Waals surface area contributed by atoms with E-state index in [1.54, 1.807) is 12.5 Å². The van der Waals surface area contributed by atoms with Gasteiger partial charge in [-0.25, -0.2) is 9.97 Å². The maximum atomic E-state index is 12.4. The predicted octanol–water partition coefficient (Wildman–Crippen LogP) is 3.05. The topological polar surface area (TPSA) is 42.7 Å². The highest BCUT2D eigenvalue weighted by molar-refractivity contribution is 5.36. The van der Waals surface area contributed by atoms with Crippen molar-refractivity contribution in [3.63, 3.8) is 0 Å². The molecule has 0 aliphatic rings. The Hall–Kier alpha value is -2.05. The third-order valence-electron chi connectivity index (χ3n) is 2.80. The van der Waals surface area contributed by atoms with Crippen LogP contribution in [0.5, 0.6) is 0 Å². The Kier molecular flexibility index (Phi) is 4.26. The fourth-order valence-corrected chi connectivity index (χ4v) is 1.76. The normalized spacial score (nSPS) is 13.2. The summed E-state index contributed by atoms with van der Waals surface area (Å²) in [6.45, 7) is 3.45. The molecule has 2 aromatic heterocycles. The number of hydrogen-bond donors (Lipinski definition) is 1. The molecule has 0 radical (unpaired) electrons. The van der Waals surface area contributed by atoms with Gasteiger partial charge in [0.05, 0.1) is 11.9 Å². The summed E-state index contributed by atoms with van der Waals surface area (Å²) in [5.74, 6) is 0.740. The summed E-state index contributed by atoms with van der Waals surface area (Å²) < 4.78 is 39.1. The molecular formula is C13H15F3N4. The molecule has 0 saturated carbocycles. The Bertz CT molecular complexity index is 520. The lowest BCUT2D eigenvalue weighted by Gasteiger charge is -2.14. The molecule has 1 N–H and O–H groups in total. The molecule has 0 saturated heterocycles. The van der Waals surface area contributed by atoms with Crippen molar-refractivity contribution >= 4 is 5.82 Å². The van der Waals surface area contributed by atoms with Crippen LogP contribution in [0.2, 0.25) is 0 Å². The summed E-state index contributed by atoms with van der Waals surface area (Å²) in [6.07, 6.45) is 1.79. The molecule has 1 atom stereocenters. The summed E-state index contributed by atoms with van der Waals surface area (Å²) in [5, 5.41) is 3.02. The number of imidazole rings is 1. The van der Waals surface area contributed by atoms with E-state index in [0.29, 0.717) is 18.3 Å². The zero-order valence-electron chi connectivity index (χ0n) is 10.9. The van der Waals surface area contributed by atoms with E-state index >= 15 is 0 Å². The Morgan fingerprint density at radius 1 is 1.35 bits per heavy atom. The van der Waals surface area contributed by atoms with Crippen LogP contribution in [0.15, 0.2) is 37.1 Å². The van der Waals surface area contributed by atoms with Crippen molar-refractivity contribution in [2.75, 3.05) is 11.9 Å². The number of hydrogen-bond acceptors (Lipinski definition) is 3. The highest BCUT2D eigenvalue weighted by Gasteiger charge is 2.30. The average Bonchev–Trinajstić information content (AvgIpc) is 2.88. The lowest BCUT2D eigenvalue weighted by atomic mass is 10.2. The van der Waals surface area contributed by atoms with Gasteiger partial charge in [-0.3, -0.25) is 0 Å². The largest absolute Gasteiger partial charge is 0.417 e. The summed E-state index contributed by atoms with van der Waals surface area (Å²) >= 11 is 0. The van der Waals surface area contributed by atoms with Crippen LogP contribution < -0.4 is 5.32 Å². The molecule has 4 nitrogen and oxygen atoms in total. The van der Waals surface area contributed by atoms with Gasteiger partial charge in [0.1, 0.15) is 5.82 Å². The minimum atomic E-state index is -4.35. The number of halogens is 3. The monoisotopic (exact) mass is 284 g/mol. The van der Waals surface area contributed by atoms with Crippen molar-refractivity contribution in [3.05, 3.63) is 42.6 Å². The van der Waals surface area contributed by atoms with Crippen molar-refractivity contribution in [1.29, 1.82) is 0 Å². The van der Waals surface area contributed by atoms with Crippen molar-refractivity contribution < 1.29 is 13.2 Å². The fraction of sp³-hybridized carbons (Fsp3) is 0.385. The zero-order chi connectivity index (χ0) is 14.6. The summed E-state index contributed by atoms with van der Waals surface area (Å²) in [4.78, 5) is 7.71. The van der Waals surface area contributed by atoms with Gasteiger partial charge in [0.25, 0.3) is 0 Å². The van der Waals surface area contributed by atoms with Crippen LogP contribution in [0.25, 0.3) is 0 Å². The van der Waals surface area contributed by atoms with Gasteiger partial charge < -0.3 is 9.88 Å². The van der Waals surface area contributed by atoms with E-state index in [9.17, 15) is 13.2 Å². The molecule has 108 valence electrons. The molecule has 0 spiro atoms. The average molecular weight is 284 g/mol. The molecule has 2 rings (SSSR count). The zero-order valence-corrected chi connectivity index (χ0v) is 10.9. The maximum Gasteiger partial charge on any atom is 0.417 e. The Labute approximate surface area is 114 Å². The highest BCUT2D eigenvalue weighted by atomic mass is 19.4. The van der Waals surface area contributed by atoms with Gasteiger partial charge in [0.15, 0.2) is 0 Å². The molecule has 20 heavy (non-hydrogen) atoms. The number of nitrogens with one attached hydrogen (secondary N) is 1. The first kappa shape index (κ1) is 14.4. The van der Waals surface area contributed by atoms with E-state index < -0.39 is 11.7 Å². The van der Waals surface area contributed by atoms with E-state index in [1.165, 1.54) is 6.07 Å². The lowest BCUT2D eigenvalue weighted by Crippen LogP contribution is -2.17. The molecule has 0 amide bonds. The van der Waals surface area contributed by atoms with Gasteiger partial charge in [0.2, 0.25) is 0 Å². The van der Waals surface area contributed by atoms with Crippen molar-refractivity contribution in [2.45, 2.75) is 19.6 Å². The van der Waals surface area contributed by atoms with Gasteiger partial charge in [-0.15, -0.1) is 0 Å². The quantitative estimate of drug-likeness (QED) is 0.917. The number of pyridine rings is 1. The Balaban J connectivity index is 1.84. The second-order valence-corrected chi connectivity index (χ2v) is 4.68. The second-order valence-electron chi connectivity index (χ2n) is 4.68. The van der Waals surface area contributed by atoms with Crippen LogP contribution in [0, 0.1) is 5.92 Å². The third kappa shape index (κ3) is 3.97. The minimum Gasteiger partial charge on any atom is -0.370 e. The highest BCUT2D eigenvalue weighted by Crippen LogP contribution is 2.28. The lowest BCUT2D eigenvalue weighted by molar-refractivity contribution is -0.137. The molecule has 2 heterocycles. The molecule has 2 aromatic rings. The third-order valence-corrected chi connectivity index (χ3v) is 2.80.